The fourth-order valence-corrected chi connectivity index (χ4v) is 2.17. The molecule has 2 nitrogen and oxygen atoms in total. The van der Waals surface area contributed by atoms with Gasteiger partial charge in [0, 0.05) is 23.7 Å². The van der Waals surface area contributed by atoms with E-state index in [0.29, 0.717) is 0 Å². The first-order valence-corrected chi connectivity index (χ1v) is 6.82. The average molecular weight is 252 g/mol. The molecule has 2 rings (SSSR count). The summed E-state index contributed by atoms with van der Waals surface area (Å²) in [5.74, 6) is 0. The molecule has 0 amide bonds. The number of para-hydroxylation sites is 1. The number of benzene rings is 1. The van der Waals surface area contributed by atoms with Crippen molar-refractivity contribution >= 4 is 11.4 Å². The van der Waals surface area contributed by atoms with E-state index >= 15 is 0 Å². The Morgan fingerprint density at radius 1 is 1.05 bits per heavy atom. The van der Waals surface area contributed by atoms with Crippen LogP contribution in [-0.2, 0) is 12.8 Å². The summed E-state index contributed by atoms with van der Waals surface area (Å²) in [6.07, 6.45) is 5.66. The maximum atomic E-state index is 4.85. The van der Waals surface area contributed by atoms with Gasteiger partial charge >= 0.3 is 0 Å². The molecular weight excluding hydrogens is 232 g/mol. The van der Waals surface area contributed by atoms with Gasteiger partial charge in [-0.25, -0.2) is 0 Å². The summed E-state index contributed by atoms with van der Waals surface area (Å²) >= 11 is 0. The Bertz CT molecular complexity index is 549. The maximum Gasteiger partial charge on any atom is 0.0696 e. The predicted octanol–water partition coefficient (Wildman–Crippen LogP) is 4.35. The van der Waals surface area contributed by atoms with E-state index in [1.807, 2.05) is 25.3 Å². The van der Waals surface area contributed by atoms with E-state index in [1.165, 1.54) is 11.1 Å². The van der Waals surface area contributed by atoms with Crippen LogP contribution < -0.4 is 0 Å². The highest BCUT2D eigenvalue weighted by Crippen LogP contribution is 2.26. The van der Waals surface area contributed by atoms with Crippen LogP contribution in [0.25, 0.3) is 0 Å². The zero-order valence-corrected chi connectivity index (χ0v) is 11.9. The largest absolute Gasteiger partial charge is 0.264 e. The SMILES string of the molecule is CCc1cccc(CC)c1N=C(C)c1cccnc1. The van der Waals surface area contributed by atoms with E-state index in [1.54, 1.807) is 6.20 Å². The first-order chi connectivity index (χ1) is 9.26. The second kappa shape index (κ2) is 6.28. The second-order valence-corrected chi connectivity index (χ2v) is 4.57. The molecule has 0 N–H and O–H groups in total. The highest BCUT2D eigenvalue weighted by molar-refractivity contribution is 6.00. The fraction of sp³-hybridized carbons (Fsp3) is 0.294. The van der Waals surface area contributed by atoms with Crippen LogP contribution in [-0.4, -0.2) is 10.7 Å². The lowest BCUT2D eigenvalue weighted by Gasteiger charge is -2.10. The van der Waals surface area contributed by atoms with Crippen molar-refractivity contribution in [3.8, 4) is 0 Å². The smallest absolute Gasteiger partial charge is 0.0696 e. The minimum Gasteiger partial charge on any atom is -0.264 e. The second-order valence-electron chi connectivity index (χ2n) is 4.57. The Kier molecular flexibility index (Phi) is 4.45. The molecule has 0 bridgehead atoms. The molecule has 2 heteroatoms. The molecule has 0 saturated carbocycles. The Morgan fingerprint density at radius 3 is 2.26 bits per heavy atom. The van der Waals surface area contributed by atoms with Crippen LogP contribution in [0.1, 0.15) is 37.5 Å². The van der Waals surface area contributed by atoms with Crippen molar-refractivity contribution in [3.63, 3.8) is 0 Å². The zero-order valence-electron chi connectivity index (χ0n) is 11.9. The van der Waals surface area contributed by atoms with E-state index in [2.05, 4.69) is 37.0 Å². The van der Waals surface area contributed by atoms with E-state index < -0.39 is 0 Å². The first-order valence-electron chi connectivity index (χ1n) is 6.82. The molecule has 0 aliphatic carbocycles. The van der Waals surface area contributed by atoms with Gasteiger partial charge in [-0.15, -0.1) is 0 Å². The minimum atomic E-state index is 1.01. The van der Waals surface area contributed by atoms with E-state index in [0.717, 1.165) is 29.8 Å². The Hall–Kier alpha value is -1.96. The zero-order chi connectivity index (χ0) is 13.7. The van der Waals surface area contributed by atoms with Crippen molar-refractivity contribution in [3.05, 3.63) is 59.4 Å². The Balaban J connectivity index is 2.47. The summed E-state index contributed by atoms with van der Waals surface area (Å²) in [5.41, 5.74) is 5.85. The molecule has 98 valence electrons. The molecule has 0 aliphatic heterocycles. The van der Waals surface area contributed by atoms with Crippen molar-refractivity contribution < 1.29 is 0 Å². The lowest BCUT2D eigenvalue weighted by atomic mass is 10.0. The molecule has 0 radical (unpaired) electrons. The summed E-state index contributed by atoms with van der Waals surface area (Å²) in [7, 11) is 0. The summed E-state index contributed by atoms with van der Waals surface area (Å²) < 4.78 is 0. The van der Waals surface area contributed by atoms with Gasteiger partial charge in [0.1, 0.15) is 0 Å². The molecule has 1 aromatic carbocycles. The third kappa shape index (κ3) is 3.08. The van der Waals surface area contributed by atoms with Crippen molar-refractivity contribution in [1.82, 2.24) is 4.98 Å². The normalized spacial score (nSPS) is 11.6. The summed E-state index contributed by atoms with van der Waals surface area (Å²) in [6, 6.07) is 10.4. The fourth-order valence-electron chi connectivity index (χ4n) is 2.17. The lowest BCUT2D eigenvalue weighted by Crippen LogP contribution is -1.97. The van der Waals surface area contributed by atoms with Gasteiger partial charge in [-0.05, 0) is 37.0 Å². The molecule has 0 unspecified atom stereocenters. The molecule has 0 fully saturated rings. The van der Waals surface area contributed by atoms with Gasteiger partial charge in [0.15, 0.2) is 0 Å². The number of aryl methyl sites for hydroxylation is 2. The van der Waals surface area contributed by atoms with Crippen LogP contribution in [0, 0.1) is 0 Å². The molecule has 0 atom stereocenters. The third-order valence-corrected chi connectivity index (χ3v) is 3.32. The first kappa shape index (κ1) is 13.5. The third-order valence-electron chi connectivity index (χ3n) is 3.32. The van der Waals surface area contributed by atoms with Crippen molar-refractivity contribution in [1.29, 1.82) is 0 Å². The molecular formula is C17H20N2. The molecule has 0 aliphatic rings. The van der Waals surface area contributed by atoms with Crippen LogP contribution in [0.4, 0.5) is 5.69 Å². The topological polar surface area (TPSA) is 25.2 Å². The highest BCUT2D eigenvalue weighted by atomic mass is 14.8. The van der Waals surface area contributed by atoms with Crippen molar-refractivity contribution in [2.24, 2.45) is 4.99 Å². The number of aromatic nitrogens is 1. The Morgan fingerprint density at radius 2 is 1.74 bits per heavy atom. The van der Waals surface area contributed by atoms with Crippen LogP contribution in [0.3, 0.4) is 0 Å². The molecule has 2 aromatic rings. The molecule has 1 heterocycles. The summed E-state index contributed by atoms with van der Waals surface area (Å²) in [6.45, 7) is 6.39. The number of pyridine rings is 1. The minimum absolute atomic E-state index is 1.01. The molecule has 0 spiro atoms. The predicted molar refractivity (Wildman–Crippen MR) is 81.3 cm³/mol. The van der Waals surface area contributed by atoms with E-state index in [-0.39, 0.29) is 0 Å². The van der Waals surface area contributed by atoms with Gasteiger partial charge in [0.25, 0.3) is 0 Å². The summed E-state index contributed by atoms with van der Waals surface area (Å²) in [4.78, 5) is 9.00. The van der Waals surface area contributed by atoms with Crippen LogP contribution in [0.15, 0.2) is 47.7 Å². The standard InChI is InChI=1S/C17H20N2/c1-4-14-8-6-9-15(5-2)17(14)19-13(3)16-10-7-11-18-12-16/h6-12H,4-5H2,1-3H3. The molecule has 0 saturated heterocycles. The number of hydrogen-bond donors (Lipinski definition) is 0. The number of aliphatic imine (C=N–C) groups is 1. The van der Waals surface area contributed by atoms with Crippen LogP contribution >= 0.6 is 0 Å². The van der Waals surface area contributed by atoms with Crippen molar-refractivity contribution in [2.45, 2.75) is 33.6 Å². The van der Waals surface area contributed by atoms with Crippen LogP contribution in [0.5, 0.6) is 0 Å². The average Bonchev–Trinajstić information content (AvgIpc) is 2.48. The van der Waals surface area contributed by atoms with Gasteiger partial charge in [-0.2, -0.15) is 0 Å². The monoisotopic (exact) mass is 252 g/mol. The number of nitrogens with zero attached hydrogens (tertiary/aromatic N) is 2. The number of rotatable bonds is 4. The lowest BCUT2D eigenvalue weighted by molar-refractivity contribution is 1.08. The van der Waals surface area contributed by atoms with Gasteiger partial charge in [-0.3, -0.25) is 9.98 Å². The molecule has 1 aromatic heterocycles. The molecule has 19 heavy (non-hydrogen) atoms. The van der Waals surface area contributed by atoms with E-state index in [4.69, 9.17) is 4.99 Å². The van der Waals surface area contributed by atoms with Gasteiger partial charge < -0.3 is 0 Å². The van der Waals surface area contributed by atoms with Gasteiger partial charge in [0.05, 0.1) is 5.69 Å². The van der Waals surface area contributed by atoms with Crippen molar-refractivity contribution in [2.75, 3.05) is 0 Å². The van der Waals surface area contributed by atoms with E-state index in [9.17, 15) is 0 Å². The highest BCUT2D eigenvalue weighted by Gasteiger charge is 2.06. The quantitative estimate of drug-likeness (QED) is 0.743. The van der Waals surface area contributed by atoms with Crippen LogP contribution in [0.2, 0.25) is 0 Å². The maximum absolute atomic E-state index is 4.85. The van der Waals surface area contributed by atoms with Gasteiger partial charge in [-0.1, -0.05) is 38.1 Å². The Labute approximate surface area is 115 Å². The summed E-state index contributed by atoms with van der Waals surface area (Å²) in [5, 5.41) is 0. The van der Waals surface area contributed by atoms with Gasteiger partial charge in [0.2, 0.25) is 0 Å². The number of hydrogen-bond acceptors (Lipinski definition) is 2.